The quantitative estimate of drug-likeness (QED) is 0.143. The van der Waals surface area contributed by atoms with Crippen LogP contribution in [-0.4, -0.2) is 16.7 Å². The van der Waals surface area contributed by atoms with E-state index < -0.39 is 0 Å². The van der Waals surface area contributed by atoms with Crippen LogP contribution in [-0.2, 0) is 0 Å². The topological polar surface area (TPSA) is 35.5 Å². The van der Waals surface area contributed by atoms with Crippen molar-refractivity contribution in [3.63, 3.8) is 0 Å². The van der Waals surface area contributed by atoms with E-state index in [0.29, 0.717) is 5.82 Å². The Balaban J connectivity index is 1.11. The molecule has 9 aromatic carbocycles. The van der Waals surface area contributed by atoms with Gasteiger partial charge in [-0.25, -0.2) is 9.97 Å². The summed E-state index contributed by atoms with van der Waals surface area (Å²) in [4.78, 5) is 17.1. The van der Waals surface area contributed by atoms with E-state index in [-0.39, 0.29) is 6.71 Å². The fourth-order valence-electron chi connectivity index (χ4n) is 9.65. The molecule has 1 aromatic heterocycles. The van der Waals surface area contributed by atoms with Crippen molar-refractivity contribution in [1.82, 2.24) is 9.97 Å². The van der Waals surface area contributed by atoms with Crippen LogP contribution in [0.25, 0.3) is 33.6 Å². The number of nitrogens with zero attached hydrogens (tertiary/aromatic N) is 5. The van der Waals surface area contributed by atoms with Crippen molar-refractivity contribution in [3.05, 3.63) is 243 Å². The van der Waals surface area contributed by atoms with Crippen LogP contribution >= 0.6 is 0 Å². The standard InChI is InChI=1S/C58H40BN5/c1-6-18-41(19-7-1)44-24-16-29-48(36-44)63-53-30-17-31-54-57(53)59(52-35-33-49(38-56(52)63)62(46-25-12-4-13-26-46)47-27-14-5-15-28-47)51-34-32-45(42-20-8-2-9-21-42)37-55(51)64(54)50-39-60-58(61-40-50)43-22-10-3-11-23-43/h1-40H. The largest absolute Gasteiger partial charge is 0.311 e. The summed E-state index contributed by atoms with van der Waals surface area (Å²) in [7, 11) is 0. The zero-order valence-corrected chi connectivity index (χ0v) is 34.9. The Morgan fingerprint density at radius 2 is 0.797 bits per heavy atom. The Bertz CT molecular complexity index is 3240. The lowest BCUT2D eigenvalue weighted by Crippen LogP contribution is -2.61. The SMILES string of the molecule is c1ccc(-c2cccc(N3c4cc(N(c5ccccc5)c5ccccc5)ccc4B4c5ccc(-c6ccccc6)cc5N(c5cnc(-c6ccccc6)nc5)c5cccc3c54)c2)cc1. The molecule has 6 heteroatoms. The highest BCUT2D eigenvalue weighted by atomic mass is 15.2. The molecule has 0 saturated carbocycles. The van der Waals surface area contributed by atoms with Crippen molar-refractivity contribution < 1.29 is 0 Å². The average Bonchev–Trinajstić information content (AvgIpc) is 3.38. The van der Waals surface area contributed by atoms with E-state index in [1.807, 2.05) is 30.6 Å². The van der Waals surface area contributed by atoms with Gasteiger partial charge in [-0.1, -0.05) is 164 Å². The van der Waals surface area contributed by atoms with E-state index in [2.05, 4.69) is 227 Å². The molecule has 64 heavy (non-hydrogen) atoms. The predicted octanol–water partition coefficient (Wildman–Crippen LogP) is 13.0. The monoisotopic (exact) mass is 817 g/mol. The molecule has 2 aliphatic rings. The summed E-state index contributed by atoms with van der Waals surface area (Å²) in [5, 5.41) is 0. The van der Waals surface area contributed by atoms with Crippen LogP contribution in [0, 0.1) is 0 Å². The van der Waals surface area contributed by atoms with E-state index >= 15 is 0 Å². The number of aromatic nitrogens is 2. The average molecular weight is 818 g/mol. The third-order valence-electron chi connectivity index (χ3n) is 12.5. The van der Waals surface area contributed by atoms with Gasteiger partial charge in [0.15, 0.2) is 5.82 Å². The van der Waals surface area contributed by atoms with Crippen molar-refractivity contribution in [3.8, 4) is 33.6 Å². The normalized spacial score (nSPS) is 12.3. The highest BCUT2D eigenvalue weighted by molar-refractivity contribution is 7.00. The van der Waals surface area contributed by atoms with Crippen LogP contribution in [0.5, 0.6) is 0 Å². The third kappa shape index (κ3) is 6.43. The second kappa shape index (κ2) is 15.8. The van der Waals surface area contributed by atoms with Crippen LogP contribution in [0.15, 0.2) is 243 Å². The zero-order valence-electron chi connectivity index (χ0n) is 34.9. The number of para-hydroxylation sites is 2. The van der Waals surface area contributed by atoms with Gasteiger partial charge in [-0.2, -0.15) is 0 Å². The van der Waals surface area contributed by atoms with Gasteiger partial charge in [-0.05, 0) is 105 Å². The first-order valence-electron chi connectivity index (χ1n) is 21.8. The number of hydrogen-bond acceptors (Lipinski definition) is 5. The second-order valence-electron chi connectivity index (χ2n) is 16.3. The Morgan fingerprint density at radius 1 is 0.328 bits per heavy atom. The molecule has 0 fully saturated rings. The zero-order chi connectivity index (χ0) is 42.4. The van der Waals surface area contributed by atoms with Gasteiger partial charge in [0.1, 0.15) is 0 Å². The first-order valence-corrected chi connectivity index (χ1v) is 21.8. The molecular formula is C58H40BN5. The van der Waals surface area contributed by atoms with Crippen molar-refractivity contribution in [1.29, 1.82) is 0 Å². The van der Waals surface area contributed by atoms with Crippen LogP contribution in [0.4, 0.5) is 51.2 Å². The molecule has 0 radical (unpaired) electrons. The van der Waals surface area contributed by atoms with Crippen LogP contribution in [0.2, 0.25) is 0 Å². The Kier molecular flexibility index (Phi) is 9.19. The maximum absolute atomic E-state index is 4.97. The number of rotatable bonds is 8. The van der Waals surface area contributed by atoms with Gasteiger partial charge in [0.2, 0.25) is 0 Å². The molecule has 0 N–H and O–H groups in total. The Hall–Kier alpha value is -8.48. The van der Waals surface area contributed by atoms with E-state index in [9.17, 15) is 0 Å². The maximum Gasteiger partial charge on any atom is 0.252 e. The first kappa shape index (κ1) is 37.3. The van der Waals surface area contributed by atoms with Gasteiger partial charge >= 0.3 is 0 Å². The third-order valence-corrected chi connectivity index (χ3v) is 12.5. The summed E-state index contributed by atoms with van der Waals surface area (Å²) in [6.07, 6.45) is 3.94. The van der Waals surface area contributed by atoms with E-state index in [4.69, 9.17) is 9.97 Å². The van der Waals surface area contributed by atoms with E-state index in [1.165, 1.54) is 27.5 Å². The summed E-state index contributed by atoms with van der Waals surface area (Å²) in [6.45, 7) is -0.0636. The molecule has 0 atom stereocenters. The van der Waals surface area contributed by atoms with E-state index in [1.54, 1.807) is 0 Å². The summed E-state index contributed by atoms with van der Waals surface area (Å²) >= 11 is 0. The fourth-order valence-corrected chi connectivity index (χ4v) is 9.65. The van der Waals surface area contributed by atoms with Crippen molar-refractivity contribution in [2.24, 2.45) is 0 Å². The molecule has 0 spiro atoms. The van der Waals surface area contributed by atoms with Crippen LogP contribution in [0.1, 0.15) is 0 Å². The molecule has 0 aliphatic carbocycles. The molecule has 5 nitrogen and oxygen atoms in total. The van der Waals surface area contributed by atoms with Crippen LogP contribution in [0.3, 0.4) is 0 Å². The van der Waals surface area contributed by atoms with Gasteiger partial charge in [-0.3, -0.25) is 0 Å². The molecule has 3 heterocycles. The number of fused-ring (bicyclic) bond motifs is 4. The second-order valence-corrected chi connectivity index (χ2v) is 16.3. The molecular weight excluding hydrogens is 777 g/mol. The highest BCUT2D eigenvalue weighted by Gasteiger charge is 2.43. The van der Waals surface area contributed by atoms with Crippen molar-refractivity contribution in [2.75, 3.05) is 14.7 Å². The predicted molar refractivity (Wildman–Crippen MR) is 267 cm³/mol. The van der Waals surface area contributed by atoms with E-state index in [0.717, 1.165) is 67.9 Å². The van der Waals surface area contributed by atoms with Gasteiger partial charge in [-0.15, -0.1) is 0 Å². The smallest absolute Gasteiger partial charge is 0.252 e. The van der Waals surface area contributed by atoms with Gasteiger partial charge < -0.3 is 14.7 Å². The number of benzene rings is 9. The minimum Gasteiger partial charge on any atom is -0.311 e. The minimum atomic E-state index is -0.0636. The number of anilines is 9. The molecule has 10 aromatic rings. The maximum atomic E-state index is 4.97. The van der Waals surface area contributed by atoms with Crippen molar-refractivity contribution >= 4 is 74.3 Å². The molecule has 0 unspecified atom stereocenters. The lowest BCUT2D eigenvalue weighted by atomic mass is 9.33. The summed E-state index contributed by atoms with van der Waals surface area (Å²) in [6, 6.07) is 82.5. The van der Waals surface area contributed by atoms with Gasteiger partial charge in [0.05, 0.1) is 18.1 Å². The van der Waals surface area contributed by atoms with Crippen molar-refractivity contribution in [2.45, 2.75) is 0 Å². The first-order chi connectivity index (χ1) is 31.8. The summed E-state index contributed by atoms with van der Waals surface area (Å²) in [5.74, 6) is 0.696. The molecule has 0 amide bonds. The fraction of sp³-hybridized carbons (Fsp3) is 0. The molecule has 0 bridgehead atoms. The highest BCUT2D eigenvalue weighted by Crippen LogP contribution is 2.46. The summed E-state index contributed by atoms with van der Waals surface area (Å²) in [5.41, 5.74) is 19.1. The molecule has 0 saturated heterocycles. The summed E-state index contributed by atoms with van der Waals surface area (Å²) < 4.78 is 0. The van der Waals surface area contributed by atoms with Gasteiger partial charge in [0, 0.05) is 51.1 Å². The van der Waals surface area contributed by atoms with Gasteiger partial charge in [0.25, 0.3) is 6.71 Å². The lowest BCUT2D eigenvalue weighted by molar-refractivity contribution is 1.14. The Labute approximate surface area is 373 Å². The number of hydrogen-bond donors (Lipinski definition) is 0. The molecule has 300 valence electrons. The minimum absolute atomic E-state index is 0.0636. The van der Waals surface area contributed by atoms with Crippen LogP contribution < -0.4 is 31.1 Å². The Morgan fingerprint density at radius 3 is 1.39 bits per heavy atom. The lowest BCUT2D eigenvalue weighted by Gasteiger charge is -2.44. The molecule has 12 rings (SSSR count). The molecule has 2 aliphatic heterocycles.